The number of nitrogens with one attached hydrogen (secondary N) is 1. The normalized spacial score (nSPS) is 14.7. The average Bonchev–Trinajstić information content (AvgIpc) is 3.02. The van der Waals surface area contributed by atoms with Crippen molar-refractivity contribution >= 4 is 0 Å². The van der Waals surface area contributed by atoms with Crippen molar-refractivity contribution in [2.24, 2.45) is 0 Å². The van der Waals surface area contributed by atoms with Crippen LogP contribution in [-0.2, 0) is 6.42 Å². The third kappa shape index (κ3) is 4.67. The van der Waals surface area contributed by atoms with E-state index in [4.69, 9.17) is 4.52 Å². The molecule has 1 aliphatic rings. The van der Waals surface area contributed by atoms with E-state index >= 15 is 0 Å². The van der Waals surface area contributed by atoms with E-state index in [1.165, 1.54) is 56.9 Å². The van der Waals surface area contributed by atoms with Crippen LogP contribution in [0.25, 0.3) is 11.4 Å². The Bertz CT molecular complexity index is 602. The molecule has 0 aliphatic carbocycles. The van der Waals surface area contributed by atoms with Crippen LogP contribution in [-0.4, -0.2) is 23.2 Å². The smallest absolute Gasteiger partial charge is 0.232 e. The van der Waals surface area contributed by atoms with Crippen LogP contribution >= 0.6 is 0 Å². The van der Waals surface area contributed by atoms with E-state index in [2.05, 4.69) is 46.6 Å². The summed E-state index contributed by atoms with van der Waals surface area (Å²) in [5.74, 6) is 1.86. The summed E-state index contributed by atoms with van der Waals surface area (Å²) in [6.45, 7) is 4.15. The second-order valence-electron chi connectivity index (χ2n) is 6.88. The quantitative estimate of drug-likeness (QED) is 0.642. The van der Waals surface area contributed by atoms with Gasteiger partial charge < -0.3 is 9.84 Å². The summed E-state index contributed by atoms with van der Waals surface area (Å²) in [5, 5.41) is 7.34. The Morgan fingerprint density at radius 3 is 2.38 bits per heavy atom. The van der Waals surface area contributed by atoms with Crippen molar-refractivity contribution in [2.45, 2.75) is 64.2 Å². The molecular formula is C20H29N3O. The highest BCUT2D eigenvalue weighted by atomic mass is 16.5. The van der Waals surface area contributed by atoms with Gasteiger partial charge in [0.1, 0.15) is 0 Å². The van der Waals surface area contributed by atoms with Crippen LogP contribution in [0, 0.1) is 0 Å². The van der Waals surface area contributed by atoms with E-state index in [9.17, 15) is 0 Å². The first-order valence-electron chi connectivity index (χ1n) is 9.50. The minimum absolute atomic E-state index is 0.392. The van der Waals surface area contributed by atoms with Gasteiger partial charge in [-0.2, -0.15) is 4.98 Å². The molecule has 2 aromatic rings. The number of aryl methyl sites for hydroxylation is 1. The molecule has 0 atom stereocenters. The van der Waals surface area contributed by atoms with E-state index in [1.807, 2.05) is 0 Å². The third-order valence-electron chi connectivity index (χ3n) is 4.85. The van der Waals surface area contributed by atoms with Gasteiger partial charge in [0.15, 0.2) is 0 Å². The molecule has 1 aromatic carbocycles. The highest BCUT2D eigenvalue weighted by Gasteiger charge is 2.25. The van der Waals surface area contributed by atoms with Crippen LogP contribution < -0.4 is 5.32 Å². The summed E-state index contributed by atoms with van der Waals surface area (Å²) in [7, 11) is 0. The molecule has 0 saturated carbocycles. The van der Waals surface area contributed by atoms with Gasteiger partial charge in [-0.15, -0.1) is 0 Å². The molecule has 4 heteroatoms. The lowest BCUT2D eigenvalue weighted by atomic mass is 10.0. The van der Waals surface area contributed by atoms with E-state index in [1.54, 1.807) is 0 Å². The van der Waals surface area contributed by atoms with Crippen LogP contribution in [0.5, 0.6) is 0 Å². The predicted octanol–water partition coefficient (Wildman–Crippen LogP) is 4.72. The molecule has 130 valence electrons. The van der Waals surface area contributed by atoms with Gasteiger partial charge in [-0.25, -0.2) is 0 Å². The molecule has 0 bridgehead atoms. The molecule has 0 unspecified atom stereocenters. The molecule has 4 nitrogen and oxygen atoms in total. The van der Waals surface area contributed by atoms with Crippen LogP contribution in [0.1, 0.15) is 69.2 Å². The Hall–Kier alpha value is -1.68. The van der Waals surface area contributed by atoms with E-state index in [-0.39, 0.29) is 0 Å². The Morgan fingerprint density at radius 2 is 1.71 bits per heavy atom. The molecule has 2 heterocycles. The molecule has 1 aromatic heterocycles. The molecule has 24 heavy (non-hydrogen) atoms. The monoisotopic (exact) mass is 327 g/mol. The first-order chi connectivity index (χ1) is 11.9. The molecular weight excluding hydrogens is 298 g/mol. The SMILES string of the molecule is CCCCCCCCCc1ccc(-c2noc(C3CNC3)n2)cc1. The Balaban J connectivity index is 1.42. The maximum Gasteiger partial charge on any atom is 0.232 e. The standard InChI is InChI=1S/C20H29N3O/c1-2-3-4-5-6-7-8-9-16-10-12-17(13-11-16)19-22-20(24-23-19)18-14-21-15-18/h10-13,18,21H,2-9,14-15H2,1H3. The topological polar surface area (TPSA) is 51.0 Å². The summed E-state index contributed by atoms with van der Waals surface area (Å²) in [6.07, 6.45) is 10.7. The summed E-state index contributed by atoms with van der Waals surface area (Å²) in [5.41, 5.74) is 2.44. The Labute approximate surface area is 145 Å². The van der Waals surface area contributed by atoms with Crippen LogP contribution in [0.4, 0.5) is 0 Å². The fourth-order valence-electron chi connectivity index (χ4n) is 3.09. The number of unbranched alkanes of at least 4 members (excludes halogenated alkanes) is 6. The lowest BCUT2D eigenvalue weighted by Gasteiger charge is -2.22. The number of nitrogens with zero attached hydrogens (tertiary/aromatic N) is 2. The van der Waals surface area contributed by atoms with Gasteiger partial charge in [0, 0.05) is 18.7 Å². The third-order valence-corrected chi connectivity index (χ3v) is 4.85. The molecule has 1 saturated heterocycles. The van der Waals surface area contributed by atoms with Crippen molar-refractivity contribution in [3.63, 3.8) is 0 Å². The molecule has 0 radical (unpaired) electrons. The van der Waals surface area contributed by atoms with E-state index in [0.29, 0.717) is 11.7 Å². The minimum atomic E-state index is 0.392. The van der Waals surface area contributed by atoms with Crippen LogP contribution in [0.2, 0.25) is 0 Å². The van der Waals surface area contributed by atoms with Crippen molar-refractivity contribution in [1.29, 1.82) is 0 Å². The zero-order chi connectivity index (χ0) is 16.6. The minimum Gasteiger partial charge on any atom is -0.339 e. The fourth-order valence-corrected chi connectivity index (χ4v) is 3.09. The number of rotatable bonds is 10. The van der Waals surface area contributed by atoms with Gasteiger partial charge in [-0.1, -0.05) is 74.9 Å². The summed E-state index contributed by atoms with van der Waals surface area (Å²) < 4.78 is 5.37. The first-order valence-corrected chi connectivity index (χ1v) is 9.50. The summed E-state index contributed by atoms with van der Waals surface area (Å²) >= 11 is 0. The zero-order valence-corrected chi connectivity index (χ0v) is 14.8. The number of benzene rings is 1. The largest absolute Gasteiger partial charge is 0.339 e. The number of hydrogen-bond acceptors (Lipinski definition) is 4. The lowest BCUT2D eigenvalue weighted by molar-refractivity contribution is 0.308. The van der Waals surface area contributed by atoms with Crippen molar-refractivity contribution in [1.82, 2.24) is 15.5 Å². The number of aromatic nitrogens is 2. The predicted molar refractivity (Wildman–Crippen MR) is 97.0 cm³/mol. The summed E-state index contributed by atoms with van der Waals surface area (Å²) in [6, 6.07) is 8.63. The molecule has 1 aliphatic heterocycles. The van der Waals surface area contributed by atoms with Gasteiger partial charge in [-0.05, 0) is 18.4 Å². The Kier molecular flexibility index (Phi) is 6.41. The maximum atomic E-state index is 5.37. The van der Waals surface area contributed by atoms with Gasteiger partial charge in [0.2, 0.25) is 11.7 Å². The average molecular weight is 327 g/mol. The number of hydrogen-bond donors (Lipinski definition) is 1. The van der Waals surface area contributed by atoms with Gasteiger partial charge in [0.25, 0.3) is 0 Å². The molecule has 0 amide bonds. The fraction of sp³-hybridized carbons (Fsp3) is 0.600. The first kappa shape index (κ1) is 17.2. The highest BCUT2D eigenvalue weighted by molar-refractivity contribution is 5.54. The molecule has 1 fully saturated rings. The summed E-state index contributed by atoms with van der Waals surface area (Å²) in [4.78, 5) is 4.53. The molecule has 0 spiro atoms. The zero-order valence-electron chi connectivity index (χ0n) is 14.8. The highest BCUT2D eigenvalue weighted by Crippen LogP contribution is 2.22. The van der Waals surface area contributed by atoms with E-state index in [0.717, 1.165) is 24.5 Å². The van der Waals surface area contributed by atoms with Gasteiger partial charge in [0.05, 0.1) is 5.92 Å². The second-order valence-corrected chi connectivity index (χ2v) is 6.88. The van der Waals surface area contributed by atoms with Gasteiger partial charge in [-0.3, -0.25) is 0 Å². The second kappa shape index (κ2) is 8.97. The molecule has 1 N–H and O–H groups in total. The van der Waals surface area contributed by atoms with Crippen LogP contribution in [0.15, 0.2) is 28.8 Å². The molecule has 3 rings (SSSR count). The van der Waals surface area contributed by atoms with Crippen molar-refractivity contribution < 1.29 is 4.52 Å². The lowest BCUT2D eigenvalue weighted by Crippen LogP contribution is -2.40. The van der Waals surface area contributed by atoms with Crippen molar-refractivity contribution in [3.8, 4) is 11.4 Å². The van der Waals surface area contributed by atoms with E-state index < -0.39 is 0 Å². The van der Waals surface area contributed by atoms with Crippen molar-refractivity contribution in [2.75, 3.05) is 13.1 Å². The Morgan fingerprint density at radius 1 is 1.00 bits per heavy atom. The van der Waals surface area contributed by atoms with Crippen LogP contribution in [0.3, 0.4) is 0 Å². The maximum absolute atomic E-state index is 5.37. The van der Waals surface area contributed by atoms with Gasteiger partial charge >= 0.3 is 0 Å². The van der Waals surface area contributed by atoms with Crippen molar-refractivity contribution in [3.05, 3.63) is 35.7 Å².